The van der Waals surface area contributed by atoms with Gasteiger partial charge in [0, 0.05) is 44.3 Å². The van der Waals surface area contributed by atoms with E-state index in [-0.39, 0.29) is 12.1 Å². The van der Waals surface area contributed by atoms with E-state index in [4.69, 9.17) is 0 Å². The van der Waals surface area contributed by atoms with Crippen molar-refractivity contribution < 1.29 is 5.11 Å². The van der Waals surface area contributed by atoms with Gasteiger partial charge in [-0.3, -0.25) is 0 Å². The maximum absolute atomic E-state index is 9.52. The number of hydrogen-bond acceptors (Lipinski definition) is 4. The highest BCUT2D eigenvalue weighted by Crippen LogP contribution is 2.12. The number of piperazine rings is 1. The molecule has 2 N–H and O–H groups in total. The van der Waals surface area contributed by atoms with Crippen LogP contribution in [0.25, 0.3) is 0 Å². The summed E-state index contributed by atoms with van der Waals surface area (Å²) in [4.78, 5) is 4.87. The van der Waals surface area contributed by atoms with Crippen LogP contribution in [0.4, 0.5) is 0 Å². The Balaban J connectivity index is 2.32. The van der Waals surface area contributed by atoms with Crippen molar-refractivity contribution >= 4 is 0 Å². The molecule has 1 fully saturated rings. The lowest BCUT2D eigenvalue weighted by molar-refractivity contribution is 0.113. The summed E-state index contributed by atoms with van der Waals surface area (Å²) in [5.74, 6) is 0. The molecule has 1 heterocycles. The molecule has 1 unspecified atom stereocenters. The molecule has 1 atom stereocenters. The van der Waals surface area contributed by atoms with Gasteiger partial charge in [0.1, 0.15) is 0 Å². The summed E-state index contributed by atoms with van der Waals surface area (Å²) in [5.41, 5.74) is -0.141. The Morgan fingerprint density at radius 2 is 1.82 bits per heavy atom. The van der Waals surface area contributed by atoms with Crippen molar-refractivity contribution in [3.05, 3.63) is 0 Å². The number of likely N-dealkylation sites (N-methyl/N-ethyl adjacent to an activating group) is 1. The highest BCUT2D eigenvalue weighted by Gasteiger charge is 2.25. The Hall–Kier alpha value is -0.160. The van der Waals surface area contributed by atoms with Crippen LogP contribution in [0.15, 0.2) is 0 Å². The van der Waals surface area contributed by atoms with Crippen LogP contribution in [-0.2, 0) is 0 Å². The van der Waals surface area contributed by atoms with E-state index in [0.717, 1.165) is 39.1 Å². The number of aliphatic hydroxyl groups excluding tert-OH is 1. The molecule has 4 nitrogen and oxygen atoms in total. The first-order chi connectivity index (χ1) is 7.95. The van der Waals surface area contributed by atoms with Gasteiger partial charge in [0.05, 0.1) is 6.61 Å². The quantitative estimate of drug-likeness (QED) is 0.707. The fourth-order valence-electron chi connectivity index (χ4n) is 2.37. The molecule has 0 saturated carbocycles. The lowest BCUT2D eigenvalue weighted by Gasteiger charge is -2.36. The van der Waals surface area contributed by atoms with Crippen LogP contribution in [0.5, 0.6) is 0 Å². The molecule has 1 aliphatic rings. The Labute approximate surface area is 106 Å². The topological polar surface area (TPSA) is 38.7 Å². The number of nitrogens with one attached hydrogen (secondary N) is 1. The van der Waals surface area contributed by atoms with E-state index < -0.39 is 0 Å². The number of nitrogens with zero attached hydrogens (tertiary/aromatic N) is 2. The molecule has 1 saturated heterocycles. The summed E-state index contributed by atoms with van der Waals surface area (Å²) in [6, 6.07) is 0.416. The molecule has 4 heteroatoms. The fraction of sp³-hybridized carbons (Fsp3) is 1.00. The summed E-state index contributed by atoms with van der Waals surface area (Å²) in [6.45, 7) is 12.3. The smallest absolute Gasteiger partial charge is 0.0611 e. The third-order valence-electron chi connectivity index (χ3n) is 3.56. The molecule has 17 heavy (non-hydrogen) atoms. The monoisotopic (exact) mass is 243 g/mol. The van der Waals surface area contributed by atoms with E-state index in [0.29, 0.717) is 6.04 Å². The normalized spacial score (nSPS) is 22.9. The zero-order valence-electron chi connectivity index (χ0n) is 11.9. The van der Waals surface area contributed by atoms with E-state index in [1.165, 1.54) is 0 Å². The number of aliphatic hydroxyl groups is 1. The van der Waals surface area contributed by atoms with Gasteiger partial charge in [-0.2, -0.15) is 0 Å². The fourth-order valence-corrected chi connectivity index (χ4v) is 2.37. The predicted octanol–water partition coefficient (Wildman–Crippen LogP) is 0.373. The van der Waals surface area contributed by atoms with Crippen molar-refractivity contribution in [2.45, 2.75) is 38.8 Å². The zero-order chi connectivity index (χ0) is 12.9. The molecule has 0 aromatic rings. The van der Waals surface area contributed by atoms with Crippen LogP contribution in [0.3, 0.4) is 0 Å². The summed E-state index contributed by atoms with van der Waals surface area (Å²) in [6.07, 6.45) is 1.01. The van der Waals surface area contributed by atoms with Crippen LogP contribution in [0, 0.1) is 0 Å². The minimum atomic E-state index is -0.141. The maximum atomic E-state index is 9.52. The summed E-state index contributed by atoms with van der Waals surface area (Å²) < 4.78 is 0. The van der Waals surface area contributed by atoms with E-state index in [1.54, 1.807) is 0 Å². The standard InChI is InChI=1S/C13H29N3O/c1-12(2)14-13(3,11-17)5-6-16-9-7-15(4)8-10-16/h12,14,17H,5-11H2,1-4H3. The molecule has 1 aliphatic heterocycles. The molecule has 0 aliphatic carbocycles. The largest absolute Gasteiger partial charge is 0.394 e. The van der Waals surface area contributed by atoms with Gasteiger partial charge in [-0.15, -0.1) is 0 Å². The molecule has 0 radical (unpaired) electrons. The highest BCUT2D eigenvalue weighted by molar-refractivity contribution is 4.85. The molecule has 0 amide bonds. The minimum absolute atomic E-state index is 0.141. The molecule has 1 rings (SSSR count). The number of rotatable bonds is 6. The summed E-state index contributed by atoms with van der Waals surface area (Å²) in [5, 5.41) is 13.0. The lowest BCUT2D eigenvalue weighted by Crippen LogP contribution is -2.52. The van der Waals surface area contributed by atoms with Gasteiger partial charge >= 0.3 is 0 Å². The second-order valence-electron chi connectivity index (χ2n) is 5.91. The Bertz CT molecular complexity index is 215. The maximum Gasteiger partial charge on any atom is 0.0611 e. The third-order valence-corrected chi connectivity index (χ3v) is 3.56. The molecular formula is C13H29N3O. The van der Waals surface area contributed by atoms with Gasteiger partial charge in [0.25, 0.3) is 0 Å². The summed E-state index contributed by atoms with van der Waals surface area (Å²) in [7, 11) is 2.18. The van der Waals surface area contributed by atoms with Crippen LogP contribution in [-0.4, -0.2) is 72.9 Å². The average Bonchev–Trinajstić information content (AvgIpc) is 2.27. The lowest BCUT2D eigenvalue weighted by atomic mass is 9.97. The van der Waals surface area contributed by atoms with Gasteiger partial charge in [-0.1, -0.05) is 13.8 Å². The van der Waals surface area contributed by atoms with Crippen molar-refractivity contribution in [3.8, 4) is 0 Å². The first kappa shape index (κ1) is 14.9. The van der Waals surface area contributed by atoms with E-state index in [9.17, 15) is 5.11 Å². The number of hydrogen-bond donors (Lipinski definition) is 2. The average molecular weight is 243 g/mol. The first-order valence-electron chi connectivity index (χ1n) is 6.75. The SMILES string of the molecule is CC(C)NC(C)(CO)CCN1CCN(C)CC1. The van der Waals surface area contributed by atoms with Gasteiger partial charge in [-0.25, -0.2) is 0 Å². The molecule has 0 aromatic heterocycles. The predicted molar refractivity (Wildman–Crippen MR) is 72.3 cm³/mol. The van der Waals surface area contributed by atoms with Crippen LogP contribution >= 0.6 is 0 Å². The molecule has 0 spiro atoms. The third kappa shape index (κ3) is 5.34. The van der Waals surface area contributed by atoms with Crippen molar-refractivity contribution in [2.24, 2.45) is 0 Å². The van der Waals surface area contributed by atoms with Gasteiger partial charge in [0.15, 0.2) is 0 Å². The van der Waals surface area contributed by atoms with Crippen molar-refractivity contribution in [1.29, 1.82) is 0 Å². The van der Waals surface area contributed by atoms with Gasteiger partial charge in [-0.05, 0) is 20.4 Å². The van der Waals surface area contributed by atoms with Crippen LogP contribution in [0.1, 0.15) is 27.2 Å². The zero-order valence-corrected chi connectivity index (χ0v) is 11.9. The van der Waals surface area contributed by atoms with Crippen LogP contribution < -0.4 is 5.32 Å². The van der Waals surface area contributed by atoms with E-state index in [1.807, 2.05) is 0 Å². The minimum Gasteiger partial charge on any atom is -0.394 e. The van der Waals surface area contributed by atoms with E-state index >= 15 is 0 Å². The van der Waals surface area contributed by atoms with E-state index in [2.05, 4.69) is 42.9 Å². The molecule has 102 valence electrons. The Morgan fingerprint density at radius 1 is 1.24 bits per heavy atom. The molecule has 0 aromatic carbocycles. The molecule has 0 bridgehead atoms. The second-order valence-corrected chi connectivity index (χ2v) is 5.91. The van der Waals surface area contributed by atoms with Gasteiger partial charge < -0.3 is 20.2 Å². The highest BCUT2D eigenvalue weighted by atomic mass is 16.3. The molecular weight excluding hydrogens is 214 g/mol. The first-order valence-corrected chi connectivity index (χ1v) is 6.75. The Morgan fingerprint density at radius 3 is 2.29 bits per heavy atom. The van der Waals surface area contributed by atoms with Gasteiger partial charge in [0.2, 0.25) is 0 Å². The van der Waals surface area contributed by atoms with Crippen molar-refractivity contribution in [1.82, 2.24) is 15.1 Å². The van der Waals surface area contributed by atoms with Crippen molar-refractivity contribution in [3.63, 3.8) is 0 Å². The Kier molecular flexibility index (Phi) is 5.86. The summed E-state index contributed by atoms with van der Waals surface area (Å²) >= 11 is 0. The van der Waals surface area contributed by atoms with Crippen LogP contribution in [0.2, 0.25) is 0 Å². The second kappa shape index (κ2) is 6.69. The van der Waals surface area contributed by atoms with Crippen molar-refractivity contribution in [2.75, 3.05) is 46.4 Å².